The molecule has 0 bridgehead atoms. The van der Waals surface area contributed by atoms with Gasteiger partial charge in [-0.15, -0.1) is 0 Å². The molecule has 0 saturated carbocycles. The largest absolute Gasteiger partial charge is 0.425 e. The van der Waals surface area contributed by atoms with E-state index in [0.717, 1.165) is 11.1 Å². The number of aromatic nitrogens is 2. The lowest BCUT2D eigenvalue weighted by molar-refractivity contribution is 0.173. The molecule has 3 aromatic rings. The zero-order chi connectivity index (χ0) is 16.2. The Bertz CT molecular complexity index is 923. The standard InChI is InChI=1S/C18H13N3O2/c19-11-14-6-8-15(9-7-14)17-12-21(23)18(22)16(20-17)10-13-4-2-1-3-5-13/h1-9,12,23H,10H2. The quantitative estimate of drug-likeness (QED) is 0.754. The Morgan fingerprint density at radius 2 is 1.78 bits per heavy atom. The van der Waals surface area contributed by atoms with E-state index in [-0.39, 0.29) is 5.69 Å². The summed E-state index contributed by atoms with van der Waals surface area (Å²) in [7, 11) is 0. The molecule has 5 heteroatoms. The minimum atomic E-state index is -0.536. The van der Waals surface area contributed by atoms with Crippen molar-refractivity contribution in [2.45, 2.75) is 6.42 Å². The average Bonchev–Trinajstić information content (AvgIpc) is 2.60. The third kappa shape index (κ3) is 3.11. The smallest absolute Gasteiger partial charge is 0.304 e. The van der Waals surface area contributed by atoms with Crippen LogP contribution in [0.1, 0.15) is 16.8 Å². The molecule has 0 saturated heterocycles. The van der Waals surface area contributed by atoms with Gasteiger partial charge in [-0.1, -0.05) is 42.5 Å². The van der Waals surface area contributed by atoms with E-state index in [0.29, 0.717) is 22.4 Å². The monoisotopic (exact) mass is 303 g/mol. The Balaban J connectivity index is 2.02. The van der Waals surface area contributed by atoms with Crippen LogP contribution in [0.3, 0.4) is 0 Å². The summed E-state index contributed by atoms with van der Waals surface area (Å²) < 4.78 is 0.554. The van der Waals surface area contributed by atoms with Crippen LogP contribution >= 0.6 is 0 Å². The fourth-order valence-corrected chi connectivity index (χ4v) is 2.29. The van der Waals surface area contributed by atoms with Gasteiger partial charge < -0.3 is 5.21 Å². The van der Waals surface area contributed by atoms with Crippen molar-refractivity contribution in [2.24, 2.45) is 0 Å². The first-order valence-electron chi connectivity index (χ1n) is 7.03. The summed E-state index contributed by atoms with van der Waals surface area (Å²) in [5.41, 5.74) is 2.40. The molecule has 1 N–H and O–H groups in total. The van der Waals surface area contributed by atoms with Gasteiger partial charge in [-0.3, -0.25) is 4.79 Å². The molecule has 0 aliphatic rings. The van der Waals surface area contributed by atoms with Crippen LogP contribution in [0.15, 0.2) is 65.6 Å². The fraction of sp³-hybridized carbons (Fsp3) is 0.0556. The normalized spacial score (nSPS) is 10.2. The van der Waals surface area contributed by atoms with Crippen molar-refractivity contribution in [1.29, 1.82) is 5.26 Å². The molecule has 5 nitrogen and oxygen atoms in total. The lowest BCUT2D eigenvalue weighted by Crippen LogP contribution is -2.24. The maximum atomic E-state index is 12.1. The predicted molar refractivity (Wildman–Crippen MR) is 85.1 cm³/mol. The van der Waals surface area contributed by atoms with E-state index in [9.17, 15) is 10.0 Å². The fourth-order valence-electron chi connectivity index (χ4n) is 2.29. The van der Waals surface area contributed by atoms with Crippen LogP contribution in [0.5, 0.6) is 0 Å². The van der Waals surface area contributed by atoms with E-state index in [1.165, 1.54) is 6.20 Å². The summed E-state index contributed by atoms with van der Waals surface area (Å²) in [5, 5.41) is 18.7. The second kappa shape index (κ2) is 6.16. The number of hydrogen-bond donors (Lipinski definition) is 1. The van der Waals surface area contributed by atoms with Gasteiger partial charge in [0.05, 0.1) is 23.5 Å². The molecule has 23 heavy (non-hydrogen) atoms. The molecular formula is C18H13N3O2. The summed E-state index contributed by atoms with van der Waals surface area (Å²) in [4.78, 5) is 16.4. The van der Waals surface area contributed by atoms with Crippen molar-refractivity contribution in [3.8, 4) is 17.3 Å². The molecule has 0 fully saturated rings. The first kappa shape index (κ1) is 14.5. The van der Waals surface area contributed by atoms with E-state index < -0.39 is 5.56 Å². The summed E-state index contributed by atoms with van der Waals surface area (Å²) in [5.74, 6) is 0. The number of benzene rings is 2. The van der Waals surface area contributed by atoms with Crippen LogP contribution in [0.25, 0.3) is 11.3 Å². The second-order valence-electron chi connectivity index (χ2n) is 5.07. The molecule has 0 spiro atoms. The molecule has 112 valence electrons. The molecule has 0 aliphatic heterocycles. The topological polar surface area (TPSA) is 78.9 Å². The molecule has 0 amide bonds. The van der Waals surface area contributed by atoms with Crippen LogP contribution in [0.2, 0.25) is 0 Å². The maximum Gasteiger partial charge on any atom is 0.304 e. The van der Waals surface area contributed by atoms with Crippen molar-refractivity contribution in [1.82, 2.24) is 9.71 Å². The van der Waals surface area contributed by atoms with Crippen molar-refractivity contribution in [2.75, 3.05) is 0 Å². The Labute approximate surface area is 132 Å². The van der Waals surface area contributed by atoms with Gasteiger partial charge in [-0.2, -0.15) is 9.99 Å². The third-order valence-corrected chi connectivity index (χ3v) is 3.48. The maximum absolute atomic E-state index is 12.1. The first-order chi connectivity index (χ1) is 11.2. The molecule has 2 aromatic carbocycles. The van der Waals surface area contributed by atoms with Gasteiger partial charge in [0.15, 0.2) is 0 Å². The number of hydrogen-bond acceptors (Lipinski definition) is 4. The van der Waals surface area contributed by atoms with Crippen molar-refractivity contribution < 1.29 is 5.21 Å². The second-order valence-corrected chi connectivity index (χ2v) is 5.07. The van der Waals surface area contributed by atoms with Crippen LogP contribution in [-0.4, -0.2) is 14.9 Å². The van der Waals surface area contributed by atoms with Gasteiger partial charge >= 0.3 is 5.56 Å². The molecule has 0 aliphatic carbocycles. The van der Waals surface area contributed by atoms with Crippen LogP contribution in [0, 0.1) is 11.3 Å². The van der Waals surface area contributed by atoms with Gasteiger partial charge in [0, 0.05) is 12.0 Å². The molecule has 0 atom stereocenters. The summed E-state index contributed by atoms with van der Waals surface area (Å²) >= 11 is 0. The highest BCUT2D eigenvalue weighted by atomic mass is 16.5. The number of nitriles is 1. The molecule has 0 unspecified atom stereocenters. The molecule has 1 aromatic heterocycles. The highest BCUT2D eigenvalue weighted by Gasteiger charge is 2.10. The Hall–Kier alpha value is -3.39. The van der Waals surface area contributed by atoms with E-state index in [2.05, 4.69) is 4.98 Å². The molecule has 0 radical (unpaired) electrons. The Kier molecular flexibility index (Phi) is 3.89. The third-order valence-electron chi connectivity index (χ3n) is 3.48. The molecule has 3 rings (SSSR count). The lowest BCUT2D eigenvalue weighted by atomic mass is 10.1. The van der Waals surface area contributed by atoms with Gasteiger partial charge in [-0.05, 0) is 17.7 Å². The number of nitrogens with zero attached hydrogens (tertiary/aromatic N) is 3. The highest BCUT2D eigenvalue weighted by molar-refractivity contribution is 5.59. The zero-order valence-corrected chi connectivity index (χ0v) is 12.2. The lowest BCUT2D eigenvalue weighted by Gasteiger charge is -2.07. The summed E-state index contributed by atoms with van der Waals surface area (Å²) in [6.07, 6.45) is 1.61. The van der Waals surface area contributed by atoms with Crippen LogP contribution in [0.4, 0.5) is 0 Å². The molecular weight excluding hydrogens is 290 g/mol. The van der Waals surface area contributed by atoms with E-state index in [1.807, 2.05) is 36.4 Å². The summed E-state index contributed by atoms with van der Waals surface area (Å²) in [6.45, 7) is 0. The first-order valence-corrected chi connectivity index (χ1v) is 7.03. The Morgan fingerprint density at radius 3 is 2.43 bits per heavy atom. The van der Waals surface area contributed by atoms with Crippen molar-refractivity contribution in [3.05, 3.63) is 88.0 Å². The Morgan fingerprint density at radius 1 is 1.09 bits per heavy atom. The van der Waals surface area contributed by atoms with Gasteiger partial charge in [0.25, 0.3) is 0 Å². The summed E-state index contributed by atoms with van der Waals surface area (Å²) in [6, 6.07) is 18.3. The SMILES string of the molecule is N#Cc1ccc(-c2cn(O)c(=O)c(Cc3ccccc3)n2)cc1. The molecule has 1 heterocycles. The predicted octanol–water partition coefficient (Wildman–Crippen LogP) is 2.61. The van der Waals surface area contributed by atoms with Crippen LogP contribution in [-0.2, 0) is 6.42 Å². The highest BCUT2D eigenvalue weighted by Crippen LogP contribution is 2.17. The minimum absolute atomic E-state index is 0.264. The van der Waals surface area contributed by atoms with Gasteiger partial charge in [-0.25, -0.2) is 4.98 Å². The van der Waals surface area contributed by atoms with E-state index in [4.69, 9.17) is 5.26 Å². The van der Waals surface area contributed by atoms with Gasteiger partial charge in [0.2, 0.25) is 0 Å². The zero-order valence-electron chi connectivity index (χ0n) is 12.2. The average molecular weight is 303 g/mol. The van der Waals surface area contributed by atoms with Crippen molar-refractivity contribution >= 4 is 0 Å². The van der Waals surface area contributed by atoms with Crippen LogP contribution < -0.4 is 5.56 Å². The van der Waals surface area contributed by atoms with E-state index in [1.54, 1.807) is 24.3 Å². The van der Waals surface area contributed by atoms with E-state index >= 15 is 0 Å². The van der Waals surface area contributed by atoms with Gasteiger partial charge in [0.1, 0.15) is 5.69 Å². The van der Waals surface area contributed by atoms with Crippen molar-refractivity contribution in [3.63, 3.8) is 0 Å². The minimum Gasteiger partial charge on any atom is -0.425 e. The number of rotatable bonds is 3.